The van der Waals surface area contributed by atoms with E-state index in [0.717, 1.165) is 12.5 Å². The van der Waals surface area contributed by atoms with E-state index in [2.05, 4.69) is 12.2 Å². The van der Waals surface area contributed by atoms with Gasteiger partial charge in [0, 0.05) is 23.3 Å². The topological polar surface area (TPSA) is 24.9 Å². The van der Waals surface area contributed by atoms with Crippen molar-refractivity contribution in [2.24, 2.45) is 0 Å². The molecule has 2 nitrogen and oxygen atoms in total. The fourth-order valence-corrected chi connectivity index (χ4v) is 3.38. The monoisotopic (exact) mass is 208 g/mol. The summed E-state index contributed by atoms with van der Waals surface area (Å²) in [7, 11) is 0. The van der Waals surface area contributed by atoms with Crippen LogP contribution in [0.4, 0.5) is 0 Å². The first kappa shape index (κ1) is 8.86. The molecule has 1 saturated heterocycles. The summed E-state index contributed by atoms with van der Waals surface area (Å²) < 4.78 is 0. The van der Waals surface area contributed by atoms with Crippen LogP contribution >= 0.6 is 11.3 Å². The molecule has 1 aromatic rings. The number of nitrogens with one attached hydrogen (secondary N) is 1. The van der Waals surface area contributed by atoms with Gasteiger partial charge in [0.1, 0.15) is 0 Å². The Hall–Kier alpha value is -0.410. The SMILES string of the molecule is Cc1sc(C2CC2)nc1C1CCNC1. The van der Waals surface area contributed by atoms with Gasteiger partial charge in [-0.3, -0.25) is 0 Å². The van der Waals surface area contributed by atoms with Gasteiger partial charge < -0.3 is 5.32 Å². The lowest BCUT2D eigenvalue weighted by molar-refractivity contribution is 0.731. The molecule has 1 N–H and O–H groups in total. The molecule has 0 bridgehead atoms. The number of nitrogens with zero attached hydrogens (tertiary/aromatic N) is 1. The fourth-order valence-electron chi connectivity index (χ4n) is 2.20. The second-order valence-corrected chi connectivity index (χ2v) is 5.69. The molecule has 1 aliphatic heterocycles. The predicted molar refractivity (Wildman–Crippen MR) is 59.1 cm³/mol. The molecule has 0 spiro atoms. The summed E-state index contributed by atoms with van der Waals surface area (Å²) in [6.45, 7) is 4.53. The number of aromatic nitrogens is 1. The summed E-state index contributed by atoms with van der Waals surface area (Å²) in [4.78, 5) is 6.29. The van der Waals surface area contributed by atoms with Gasteiger partial charge in [-0.15, -0.1) is 11.3 Å². The maximum atomic E-state index is 4.83. The molecule has 1 aromatic heterocycles. The van der Waals surface area contributed by atoms with E-state index in [1.165, 1.54) is 41.4 Å². The van der Waals surface area contributed by atoms with Crippen molar-refractivity contribution in [1.82, 2.24) is 10.3 Å². The molecule has 0 amide bonds. The van der Waals surface area contributed by atoms with Crippen molar-refractivity contribution in [3.05, 3.63) is 15.6 Å². The van der Waals surface area contributed by atoms with Crippen molar-refractivity contribution in [2.45, 2.75) is 38.0 Å². The van der Waals surface area contributed by atoms with E-state index < -0.39 is 0 Å². The van der Waals surface area contributed by atoms with Crippen molar-refractivity contribution in [2.75, 3.05) is 13.1 Å². The lowest BCUT2D eigenvalue weighted by Gasteiger charge is -2.04. The van der Waals surface area contributed by atoms with E-state index in [1.54, 1.807) is 0 Å². The van der Waals surface area contributed by atoms with Crippen molar-refractivity contribution in [3.8, 4) is 0 Å². The summed E-state index contributed by atoms with van der Waals surface area (Å²) in [6, 6.07) is 0. The normalized spacial score (nSPS) is 27.1. The van der Waals surface area contributed by atoms with Gasteiger partial charge in [-0.1, -0.05) is 0 Å². The standard InChI is InChI=1S/C11H16N2S/c1-7-10(9-4-5-12-6-9)13-11(14-7)8-2-3-8/h8-9,12H,2-6H2,1H3. The zero-order valence-electron chi connectivity index (χ0n) is 8.55. The minimum atomic E-state index is 0.693. The first-order valence-corrected chi connectivity index (χ1v) is 6.34. The second kappa shape index (κ2) is 3.31. The van der Waals surface area contributed by atoms with Gasteiger partial charge >= 0.3 is 0 Å². The zero-order valence-corrected chi connectivity index (χ0v) is 9.36. The largest absolute Gasteiger partial charge is 0.316 e. The van der Waals surface area contributed by atoms with Gasteiger partial charge in [0.15, 0.2) is 0 Å². The van der Waals surface area contributed by atoms with Crippen LogP contribution < -0.4 is 5.32 Å². The molecule has 76 valence electrons. The van der Waals surface area contributed by atoms with Crippen LogP contribution in [0.2, 0.25) is 0 Å². The highest BCUT2D eigenvalue weighted by Crippen LogP contribution is 2.43. The third-order valence-electron chi connectivity index (χ3n) is 3.22. The fraction of sp³-hybridized carbons (Fsp3) is 0.727. The molecule has 14 heavy (non-hydrogen) atoms. The molecule has 3 heteroatoms. The Labute approximate surface area is 88.7 Å². The lowest BCUT2D eigenvalue weighted by atomic mass is 10.0. The molecular weight excluding hydrogens is 192 g/mol. The van der Waals surface area contributed by atoms with Gasteiger partial charge in [-0.05, 0) is 32.7 Å². The van der Waals surface area contributed by atoms with Crippen LogP contribution in [-0.4, -0.2) is 18.1 Å². The summed E-state index contributed by atoms with van der Waals surface area (Å²) in [6.07, 6.45) is 4.01. The average Bonchev–Trinajstić information content (AvgIpc) is 2.75. The second-order valence-electron chi connectivity index (χ2n) is 4.46. The summed E-state index contributed by atoms with van der Waals surface area (Å²) in [5.74, 6) is 1.51. The number of aryl methyl sites for hydroxylation is 1. The summed E-state index contributed by atoms with van der Waals surface area (Å²) in [5, 5.41) is 4.82. The Morgan fingerprint density at radius 2 is 2.14 bits per heavy atom. The van der Waals surface area contributed by atoms with Crippen LogP contribution in [0.1, 0.15) is 46.7 Å². The van der Waals surface area contributed by atoms with Crippen molar-refractivity contribution < 1.29 is 0 Å². The van der Waals surface area contributed by atoms with Gasteiger partial charge in [0.05, 0.1) is 10.7 Å². The van der Waals surface area contributed by atoms with Crippen LogP contribution in [0, 0.1) is 6.92 Å². The number of thiazole rings is 1. The Balaban J connectivity index is 1.88. The Kier molecular flexibility index (Phi) is 2.10. The van der Waals surface area contributed by atoms with Gasteiger partial charge in [-0.2, -0.15) is 0 Å². The number of hydrogen-bond donors (Lipinski definition) is 1. The van der Waals surface area contributed by atoms with Crippen LogP contribution in [0.15, 0.2) is 0 Å². The van der Waals surface area contributed by atoms with E-state index in [0.29, 0.717) is 5.92 Å². The minimum absolute atomic E-state index is 0.693. The maximum absolute atomic E-state index is 4.83. The third kappa shape index (κ3) is 1.48. The van der Waals surface area contributed by atoms with Crippen LogP contribution in [-0.2, 0) is 0 Å². The highest BCUT2D eigenvalue weighted by molar-refractivity contribution is 7.11. The molecule has 1 unspecified atom stereocenters. The molecule has 2 fully saturated rings. The average molecular weight is 208 g/mol. The molecule has 2 aliphatic rings. The van der Waals surface area contributed by atoms with E-state index >= 15 is 0 Å². The molecule has 0 radical (unpaired) electrons. The maximum Gasteiger partial charge on any atom is 0.0962 e. The molecule has 1 atom stereocenters. The molecule has 3 rings (SSSR count). The highest BCUT2D eigenvalue weighted by Gasteiger charge is 2.29. The predicted octanol–water partition coefficient (Wildman–Crippen LogP) is 2.41. The first-order valence-electron chi connectivity index (χ1n) is 5.52. The van der Waals surface area contributed by atoms with Crippen molar-refractivity contribution in [1.29, 1.82) is 0 Å². The number of hydrogen-bond acceptors (Lipinski definition) is 3. The molecular formula is C11H16N2S. The summed E-state index contributed by atoms with van der Waals surface area (Å²) >= 11 is 1.93. The van der Waals surface area contributed by atoms with E-state index in [4.69, 9.17) is 4.98 Å². The highest BCUT2D eigenvalue weighted by atomic mass is 32.1. The molecule has 0 aromatic carbocycles. The van der Waals surface area contributed by atoms with E-state index in [-0.39, 0.29) is 0 Å². The third-order valence-corrected chi connectivity index (χ3v) is 4.37. The Morgan fingerprint density at radius 1 is 1.29 bits per heavy atom. The lowest BCUT2D eigenvalue weighted by Crippen LogP contribution is -2.08. The quantitative estimate of drug-likeness (QED) is 0.807. The first-order chi connectivity index (χ1) is 6.84. The van der Waals surface area contributed by atoms with Crippen molar-refractivity contribution in [3.63, 3.8) is 0 Å². The summed E-state index contributed by atoms with van der Waals surface area (Å²) in [5.41, 5.74) is 1.39. The van der Waals surface area contributed by atoms with Crippen LogP contribution in [0.25, 0.3) is 0 Å². The van der Waals surface area contributed by atoms with E-state index in [1.807, 2.05) is 11.3 Å². The molecule has 2 heterocycles. The molecule has 1 saturated carbocycles. The molecule has 1 aliphatic carbocycles. The van der Waals surface area contributed by atoms with Gasteiger partial charge in [-0.25, -0.2) is 4.98 Å². The van der Waals surface area contributed by atoms with Gasteiger partial charge in [0.25, 0.3) is 0 Å². The number of rotatable bonds is 2. The Morgan fingerprint density at radius 3 is 2.79 bits per heavy atom. The smallest absolute Gasteiger partial charge is 0.0962 e. The minimum Gasteiger partial charge on any atom is -0.316 e. The van der Waals surface area contributed by atoms with E-state index in [9.17, 15) is 0 Å². The van der Waals surface area contributed by atoms with Crippen molar-refractivity contribution >= 4 is 11.3 Å². The van der Waals surface area contributed by atoms with Gasteiger partial charge in [0.2, 0.25) is 0 Å². The zero-order chi connectivity index (χ0) is 9.54. The van der Waals surface area contributed by atoms with Crippen LogP contribution in [0.5, 0.6) is 0 Å². The Bertz CT molecular complexity index is 335. The van der Waals surface area contributed by atoms with Crippen LogP contribution in [0.3, 0.4) is 0 Å².